The molecule has 8 heteroatoms. The van der Waals surface area contributed by atoms with E-state index in [0.717, 1.165) is 12.5 Å². The van der Waals surface area contributed by atoms with Crippen LogP contribution in [0.4, 0.5) is 0 Å². The van der Waals surface area contributed by atoms with Gasteiger partial charge in [-0.25, -0.2) is 0 Å². The van der Waals surface area contributed by atoms with Gasteiger partial charge in [-0.1, -0.05) is 12.2 Å². The molecule has 6 nitrogen and oxygen atoms in total. The summed E-state index contributed by atoms with van der Waals surface area (Å²) in [5.74, 6) is 0.604. The monoisotopic (exact) mass is 322 g/mol. The maximum absolute atomic E-state index is 11.4. The van der Waals surface area contributed by atoms with Crippen molar-refractivity contribution < 1.29 is 25.2 Å². The Morgan fingerprint density at radius 3 is 1.55 bits per heavy atom. The normalized spacial score (nSPS) is 43.1. The molecule has 3 rings (SSSR count). The average molecular weight is 322 g/mol. The van der Waals surface area contributed by atoms with Crippen LogP contribution in [0.2, 0.25) is 0 Å². The van der Waals surface area contributed by atoms with E-state index >= 15 is 0 Å². The van der Waals surface area contributed by atoms with Gasteiger partial charge in [0.1, 0.15) is 0 Å². The molecule has 0 aromatic carbocycles. The van der Waals surface area contributed by atoms with Crippen LogP contribution in [-0.2, 0) is 28.6 Å². The van der Waals surface area contributed by atoms with Gasteiger partial charge in [0.25, 0.3) is 20.2 Å². The third-order valence-electron chi connectivity index (χ3n) is 4.50. The van der Waals surface area contributed by atoms with Crippen LogP contribution in [0.1, 0.15) is 12.8 Å². The topological polar surface area (TPSA) is 86.7 Å². The van der Waals surface area contributed by atoms with E-state index in [-0.39, 0.29) is 23.7 Å². The molecular formula is C12H18O6S2. The summed E-state index contributed by atoms with van der Waals surface area (Å²) in [6, 6.07) is 0. The zero-order chi connectivity index (χ0) is 14.7. The fraction of sp³-hybridized carbons (Fsp3) is 0.833. The van der Waals surface area contributed by atoms with Crippen LogP contribution < -0.4 is 0 Å². The molecule has 2 saturated carbocycles. The Morgan fingerprint density at radius 1 is 0.800 bits per heavy atom. The van der Waals surface area contributed by atoms with Crippen molar-refractivity contribution >= 4 is 20.2 Å². The quantitative estimate of drug-likeness (QED) is 0.554. The second-order valence-electron chi connectivity index (χ2n) is 6.02. The molecule has 0 saturated heterocycles. The summed E-state index contributed by atoms with van der Waals surface area (Å²) in [6.45, 7) is 0. The Labute approximate surface area is 119 Å². The molecule has 0 aliphatic heterocycles. The minimum Gasteiger partial charge on any atom is -0.267 e. The first-order valence-corrected chi connectivity index (χ1v) is 10.2. The molecular weight excluding hydrogens is 304 g/mol. The first-order valence-electron chi connectivity index (χ1n) is 6.59. The number of hydrogen-bond acceptors (Lipinski definition) is 6. The lowest BCUT2D eigenvalue weighted by molar-refractivity contribution is 0.0771. The van der Waals surface area contributed by atoms with E-state index in [4.69, 9.17) is 8.37 Å². The van der Waals surface area contributed by atoms with Crippen LogP contribution in [-0.4, -0.2) is 41.6 Å². The second-order valence-corrected chi connectivity index (χ2v) is 9.22. The van der Waals surface area contributed by atoms with Crippen LogP contribution in [0.25, 0.3) is 0 Å². The van der Waals surface area contributed by atoms with Crippen molar-refractivity contribution in [1.29, 1.82) is 0 Å². The summed E-state index contributed by atoms with van der Waals surface area (Å²) in [6.07, 6.45) is 6.50. The summed E-state index contributed by atoms with van der Waals surface area (Å²) in [4.78, 5) is 0. The lowest BCUT2D eigenvalue weighted by atomic mass is 9.91. The van der Waals surface area contributed by atoms with Gasteiger partial charge in [-0.05, 0) is 30.6 Å². The predicted octanol–water partition coefficient (Wildman–Crippen LogP) is 0.518. The van der Waals surface area contributed by atoms with Crippen molar-refractivity contribution in [3.63, 3.8) is 0 Å². The molecule has 0 unspecified atom stereocenters. The molecule has 3 aliphatic rings. The molecule has 20 heavy (non-hydrogen) atoms. The van der Waals surface area contributed by atoms with Crippen LogP contribution in [0.15, 0.2) is 12.2 Å². The first-order chi connectivity index (χ1) is 9.14. The van der Waals surface area contributed by atoms with E-state index in [1.165, 1.54) is 0 Å². The van der Waals surface area contributed by atoms with Gasteiger partial charge in [0.2, 0.25) is 0 Å². The van der Waals surface area contributed by atoms with Crippen molar-refractivity contribution in [3.8, 4) is 0 Å². The van der Waals surface area contributed by atoms with Crippen LogP contribution >= 0.6 is 0 Å². The van der Waals surface area contributed by atoms with Crippen molar-refractivity contribution in [3.05, 3.63) is 12.2 Å². The maximum atomic E-state index is 11.4. The molecule has 0 spiro atoms. The van der Waals surface area contributed by atoms with Gasteiger partial charge < -0.3 is 0 Å². The smallest absolute Gasteiger partial charge is 0.264 e. The molecule has 0 N–H and O–H groups in total. The van der Waals surface area contributed by atoms with Gasteiger partial charge in [-0.2, -0.15) is 16.8 Å². The summed E-state index contributed by atoms with van der Waals surface area (Å²) < 4.78 is 55.8. The van der Waals surface area contributed by atoms with Crippen LogP contribution in [0.5, 0.6) is 0 Å². The number of rotatable bonds is 4. The van der Waals surface area contributed by atoms with Crippen molar-refractivity contribution in [1.82, 2.24) is 0 Å². The van der Waals surface area contributed by atoms with E-state index in [1.54, 1.807) is 0 Å². The molecule has 114 valence electrons. The van der Waals surface area contributed by atoms with E-state index < -0.39 is 32.4 Å². The fourth-order valence-corrected chi connectivity index (χ4v) is 5.46. The Morgan fingerprint density at radius 2 is 1.20 bits per heavy atom. The highest BCUT2D eigenvalue weighted by Gasteiger charge is 2.58. The highest BCUT2D eigenvalue weighted by atomic mass is 32.2. The molecule has 2 fully saturated rings. The van der Waals surface area contributed by atoms with Gasteiger partial charge in [-0.3, -0.25) is 8.37 Å². The lowest BCUT2D eigenvalue weighted by Gasteiger charge is -2.23. The summed E-state index contributed by atoms with van der Waals surface area (Å²) in [5.41, 5.74) is 0. The van der Waals surface area contributed by atoms with Crippen molar-refractivity contribution in [2.45, 2.75) is 25.0 Å². The SMILES string of the molecule is CS(=O)(=O)O[C@@H]1C[C@@H]2C=C[C@H]3C[C@@H](OS(C)(=O)=O)C1C23. The highest BCUT2D eigenvalue weighted by Crippen LogP contribution is 2.57. The van der Waals surface area contributed by atoms with Gasteiger partial charge in [0.05, 0.1) is 24.7 Å². The summed E-state index contributed by atoms with van der Waals surface area (Å²) in [7, 11) is -7.12. The molecule has 0 bridgehead atoms. The predicted molar refractivity (Wildman–Crippen MR) is 71.8 cm³/mol. The third kappa shape index (κ3) is 2.66. The molecule has 0 aromatic heterocycles. The lowest BCUT2D eigenvalue weighted by Crippen LogP contribution is -2.33. The Bertz CT molecular complexity index is 581. The van der Waals surface area contributed by atoms with E-state index in [1.807, 2.05) is 0 Å². The highest BCUT2D eigenvalue weighted by molar-refractivity contribution is 7.86. The average Bonchev–Trinajstić information content (AvgIpc) is 2.81. The maximum Gasteiger partial charge on any atom is 0.264 e. The standard InChI is InChI=1S/C12H18O6S2/c1-19(13,14)17-9-5-7-3-4-8-6-10(12(9)11(7)8)18-20(2,15)16/h3-4,7-12H,5-6H2,1-2H3/t7-,8-,9+,10+,11?,12?/m0/s1. The molecule has 0 radical (unpaired) electrons. The van der Waals surface area contributed by atoms with Crippen LogP contribution in [0.3, 0.4) is 0 Å². The van der Waals surface area contributed by atoms with Gasteiger partial charge in [0.15, 0.2) is 0 Å². The fourth-order valence-electron chi connectivity index (χ4n) is 4.14. The molecule has 0 heterocycles. The Kier molecular flexibility index (Phi) is 3.28. The van der Waals surface area contributed by atoms with Crippen molar-refractivity contribution in [2.75, 3.05) is 12.5 Å². The zero-order valence-electron chi connectivity index (χ0n) is 11.3. The largest absolute Gasteiger partial charge is 0.267 e. The van der Waals surface area contributed by atoms with Crippen LogP contribution in [0, 0.1) is 23.7 Å². The van der Waals surface area contributed by atoms with E-state index in [2.05, 4.69) is 12.2 Å². The zero-order valence-corrected chi connectivity index (χ0v) is 12.9. The number of allylic oxidation sites excluding steroid dienone is 2. The number of hydrogen-bond donors (Lipinski definition) is 0. The third-order valence-corrected chi connectivity index (χ3v) is 5.70. The Balaban J connectivity index is 1.87. The molecule has 0 aromatic rings. The second kappa shape index (κ2) is 4.53. The summed E-state index contributed by atoms with van der Waals surface area (Å²) in [5, 5.41) is 0. The van der Waals surface area contributed by atoms with Gasteiger partial charge >= 0.3 is 0 Å². The van der Waals surface area contributed by atoms with E-state index in [0.29, 0.717) is 12.8 Å². The molecule has 4 atom stereocenters. The minimum atomic E-state index is -3.56. The van der Waals surface area contributed by atoms with Gasteiger partial charge in [0, 0.05) is 5.92 Å². The molecule has 3 aliphatic carbocycles. The summed E-state index contributed by atoms with van der Waals surface area (Å²) >= 11 is 0. The van der Waals surface area contributed by atoms with Gasteiger partial charge in [-0.15, -0.1) is 0 Å². The van der Waals surface area contributed by atoms with E-state index in [9.17, 15) is 16.8 Å². The van der Waals surface area contributed by atoms with Crippen molar-refractivity contribution in [2.24, 2.45) is 23.7 Å². The molecule has 0 amide bonds. The first kappa shape index (κ1) is 14.5. The minimum absolute atomic E-state index is 0.176. The Hall–Kier alpha value is -0.440.